The van der Waals surface area contributed by atoms with Crippen LogP contribution in [-0.2, 0) is 6.42 Å². The van der Waals surface area contributed by atoms with Gasteiger partial charge in [-0.15, -0.1) is 0 Å². The molecule has 0 bridgehead atoms. The highest BCUT2D eigenvalue weighted by Crippen LogP contribution is 2.28. The molecule has 0 radical (unpaired) electrons. The predicted molar refractivity (Wildman–Crippen MR) is 84.1 cm³/mol. The number of fused-ring (bicyclic) bond motifs is 1. The quantitative estimate of drug-likeness (QED) is 0.630. The zero-order valence-electron chi connectivity index (χ0n) is 11.5. The fraction of sp³-hybridized carbons (Fsp3) is 0.176. The van der Waals surface area contributed by atoms with Gasteiger partial charge >= 0.3 is 0 Å². The first-order chi connectivity index (χ1) is 9.70. The summed E-state index contributed by atoms with van der Waals surface area (Å²) in [5, 5.41) is 1.46. The first-order valence-corrected chi connectivity index (χ1v) is 7.09. The molecule has 0 unspecified atom stereocenters. The van der Waals surface area contributed by atoms with Crippen LogP contribution < -0.4 is 0 Å². The number of benzene rings is 2. The molecule has 100 valence electrons. The maximum atomic E-state index is 6.36. The Balaban J connectivity index is 2.28. The van der Waals surface area contributed by atoms with Crippen LogP contribution in [0.5, 0.6) is 0 Å². The molecule has 1 heterocycles. The molecule has 2 aromatic carbocycles. The minimum atomic E-state index is 0.522. The second-order valence-corrected chi connectivity index (χ2v) is 5.18. The van der Waals surface area contributed by atoms with Crippen LogP contribution in [0.4, 0.5) is 0 Å². The minimum absolute atomic E-state index is 0.522. The van der Waals surface area contributed by atoms with Gasteiger partial charge in [-0.25, -0.2) is 9.97 Å². The van der Waals surface area contributed by atoms with E-state index in [1.807, 2.05) is 43.3 Å². The van der Waals surface area contributed by atoms with Crippen molar-refractivity contribution in [3.05, 3.63) is 58.7 Å². The topological polar surface area (TPSA) is 25.8 Å². The third kappa shape index (κ3) is 2.16. The lowest BCUT2D eigenvalue weighted by molar-refractivity contribution is 1.12. The number of aromatic nitrogens is 2. The molecule has 2 nitrogen and oxygen atoms in total. The van der Waals surface area contributed by atoms with Crippen molar-refractivity contribution in [3.8, 4) is 11.4 Å². The van der Waals surface area contributed by atoms with Gasteiger partial charge in [0.1, 0.15) is 5.15 Å². The number of nitrogens with zero attached hydrogens (tertiary/aromatic N) is 2. The Morgan fingerprint density at radius 2 is 1.80 bits per heavy atom. The van der Waals surface area contributed by atoms with Crippen LogP contribution in [0.3, 0.4) is 0 Å². The molecule has 0 N–H and O–H groups in total. The van der Waals surface area contributed by atoms with E-state index in [4.69, 9.17) is 11.6 Å². The number of rotatable bonds is 2. The lowest BCUT2D eigenvalue weighted by atomic mass is 10.0. The highest BCUT2D eigenvalue weighted by molar-refractivity contribution is 6.34. The standard InChI is InChI=1S/C17H15ClN2/c1-3-12-8-4-5-9-13(12)17-19-14-10-6-7-11(2)15(14)16(18)20-17/h4-10H,3H2,1-2H3. The molecule has 0 saturated heterocycles. The maximum Gasteiger partial charge on any atom is 0.161 e. The SMILES string of the molecule is CCc1ccccc1-c1nc(Cl)c2c(C)cccc2n1. The summed E-state index contributed by atoms with van der Waals surface area (Å²) in [7, 11) is 0. The minimum Gasteiger partial charge on any atom is -0.228 e. The Labute approximate surface area is 123 Å². The van der Waals surface area contributed by atoms with Crippen LogP contribution in [0.15, 0.2) is 42.5 Å². The van der Waals surface area contributed by atoms with Crippen LogP contribution in [0.25, 0.3) is 22.3 Å². The molecule has 0 aliphatic heterocycles. The molecule has 0 saturated carbocycles. The van der Waals surface area contributed by atoms with E-state index in [-0.39, 0.29) is 0 Å². The Hall–Kier alpha value is -1.93. The van der Waals surface area contributed by atoms with Gasteiger partial charge in [0.2, 0.25) is 0 Å². The summed E-state index contributed by atoms with van der Waals surface area (Å²) >= 11 is 6.36. The normalized spacial score (nSPS) is 10.9. The molecule has 0 spiro atoms. The number of aryl methyl sites for hydroxylation is 2. The molecule has 0 aliphatic rings. The van der Waals surface area contributed by atoms with Crippen LogP contribution in [0.1, 0.15) is 18.1 Å². The van der Waals surface area contributed by atoms with Crippen LogP contribution in [-0.4, -0.2) is 9.97 Å². The summed E-state index contributed by atoms with van der Waals surface area (Å²) in [6.45, 7) is 4.16. The zero-order chi connectivity index (χ0) is 14.1. The average Bonchev–Trinajstić information content (AvgIpc) is 2.47. The largest absolute Gasteiger partial charge is 0.228 e. The average molecular weight is 283 g/mol. The van der Waals surface area contributed by atoms with Gasteiger partial charge in [0, 0.05) is 10.9 Å². The van der Waals surface area contributed by atoms with Crippen molar-refractivity contribution in [1.29, 1.82) is 0 Å². The molecule has 0 amide bonds. The highest BCUT2D eigenvalue weighted by Gasteiger charge is 2.11. The van der Waals surface area contributed by atoms with E-state index in [1.54, 1.807) is 0 Å². The fourth-order valence-electron chi connectivity index (χ4n) is 2.47. The van der Waals surface area contributed by atoms with Crippen LogP contribution in [0, 0.1) is 6.92 Å². The van der Waals surface area contributed by atoms with E-state index in [2.05, 4.69) is 23.0 Å². The molecule has 0 fully saturated rings. The van der Waals surface area contributed by atoms with E-state index < -0.39 is 0 Å². The van der Waals surface area contributed by atoms with Crippen molar-refractivity contribution < 1.29 is 0 Å². The summed E-state index contributed by atoms with van der Waals surface area (Å²) in [4.78, 5) is 9.18. The van der Waals surface area contributed by atoms with Crippen LogP contribution >= 0.6 is 11.6 Å². The summed E-state index contributed by atoms with van der Waals surface area (Å²) < 4.78 is 0. The van der Waals surface area contributed by atoms with E-state index >= 15 is 0 Å². The third-order valence-electron chi connectivity index (χ3n) is 3.53. The molecule has 3 rings (SSSR count). The summed E-state index contributed by atoms with van der Waals surface area (Å²) in [5.41, 5.74) is 4.28. The molecule has 20 heavy (non-hydrogen) atoms. The second-order valence-electron chi connectivity index (χ2n) is 4.82. The van der Waals surface area contributed by atoms with Crippen molar-refractivity contribution in [3.63, 3.8) is 0 Å². The monoisotopic (exact) mass is 282 g/mol. The van der Waals surface area contributed by atoms with Gasteiger partial charge in [0.25, 0.3) is 0 Å². The van der Waals surface area contributed by atoms with Gasteiger partial charge in [-0.05, 0) is 30.5 Å². The number of halogens is 1. The maximum absolute atomic E-state index is 6.36. The Kier molecular flexibility index (Phi) is 3.41. The first kappa shape index (κ1) is 13.1. The van der Waals surface area contributed by atoms with Crippen molar-refractivity contribution in [2.45, 2.75) is 20.3 Å². The lowest BCUT2D eigenvalue weighted by Gasteiger charge is -2.09. The van der Waals surface area contributed by atoms with E-state index in [0.717, 1.165) is 28.5 Å². The lowest BCUT2D eigenvalue weighted by Crippen LogP contribution is -1.96. The van der Waals surface area contributed by atoms with Crippen molar-refractivity contribution in [2.75, 3.05) is 0 Å². The van der Waals surface area contributed by atoms with Crippen molar-refractivity contribution >= 4 is 22.5 Å². The van der Waals surface area contributed by atoms with Crippen molar-refractivity contribution in [2.24, 2.45) is 0 Å². The predicted octanol–water partition coefficient (Wildman–Crippen LogP) is 4.82. The molecule has 3 aromatic rings. The molecule has 3 heteroatoms. The van der Waals surface area contributed by atoms with E-state index in [0.29, 0.717) is 11.0 Å². The summed E-state index contributed by atoms with van der Waals surface area (Å²) in [6.07, 6.45) is 0.947. The second kappa shape index (κ2) is 5.22. The molecule has 0 atom stereocenters. The molecule has 0 aliphatic carbocycles. The Morgan fingerprint density at radius 3 is 2.60 bits per heavy atom. The zero-order valence-corrected chi connectivity index (χ0v) is 12.3. The van der Waals surface area contributed by atoms with Gasteiger partial charge in [-0.2, -0.15) is 0 Å². The van der Waals surface area contributed by atoms with Gasteiger partial charge < -0.3 is 0 Å². The number of hydrogen-bond donors (Lipinski definition) is 0. The van der Waals surface area contributed by atoms with E-state index in [1.165, 1.54) is 5.56 Å². The summed E-state index contributed by atoms with van der Waals surface area (Å²) in [5.74, 6) is 0.700. The van der Waals surface area contributed by atoms with Gasteiger partial charge in [0.15, 0.2) is 5.82 Å². The smallest absolute Gasteiger partial charge is 0.161 e. The summed E-state index contributed by atoms with van der Waals surface area (Å²) in [6, 6.07) is 14.2. The molecule has 1 aromatic heterocycles. The van der Waals surface area contributed by atoms with Gasteiger partial charge in [-0.1, -0.05) is 54.9 Å². The van der Waals surface area contributed by atoms with Gasteiger partial charge in [0.05, 0.1) is 5.52 Å². The fourth-order valence-corrected chi connectivity index (χ4v) is 2.79. The van der Waals surface area contributed by atoms with Crippen molar-refractivity contribution in [1.82, 2.24) is 9.97 Å². The number of hydrogen-bond acceptors (Lipinski definition) is 2. The Bertz CT molecular complexity index is 781. The molecular formula is C17H15ClN2. The van der Waals surface area contributed by atoms with E-state index in [9.17, 15) is 0 Å². The highest BCUT2D eigenvalue weighted by atomic mass is 35.5. The first-order valence-electron chi connectivity index (χ1n) is 6.72. The van der Waals surface area contributed by atoms with Gasteiger partial charge in [-0.3, -0.25) is 0 Å². The molecular weight excluding hydrogens is 268 g/mol. The van der Waals surface area contributed by atoms with Crippen LogP contribution in [0.2, 0.25) is 5.15 Å². The Morgan fingerprint density at radius 1 is 1.00 bits per heavy atom. The third-order valence-corrected chi connectivity index (χ3v) is 3.80.